The van der Waals surface area contributed by atoms with Crippen LogP contribution in [0.5, 0.6) is 17.2 Å². The molecule has 1 aromatic heterocycles. The molecule has 0 unspecified atom stereocenters. The molecule has 0 fully saturated rings. The molecule has 29 heavy (non-hydrogen) atoms. The predicted octanol–water partition coefficient (Wildman–Crippen LogP) is 4.65. The zero-order valence-electron chi connectivity index (χ0n) is 15.9. The summed E-state index contributed by atoms with van der Waals surface area (Å²) in [4.78, 5) is 12.3. The number of anilines is 1. The summed E-state index contributed by atoms with van der Waals surface area (Å²) >= 11 is 4.70. The van der Waals surface area contributed by atoms with E-state index < -0.39 is 0 Å². The minimum absolute atomic E-state index is 0.322. The summed E-state index contributed by atoms with van der Waals surface area (Å²) in [5, 5.41) is 12.0. The zero-order chi connectivity index (χ0) is 20.8. The highest BCUT2D eigenvalue weighted by molar-refractivity contribution is 9.10. The molecular formula is C20H18BrN3O4S. The van der Waals surface area contributed by atoms with Crippen molar-refractivity contribution in [3.63, 3.8) is 0 Å². The average molecular weight is 476 g/mol. The van der Waals surface area contributed by atoms with E-state index in [2.05, 4.69) is 31.4 Å². The fraction of sp³-hybridized carbons (Fsp3) is 0.150. The Morgan fingerprint density at radius 2 is 1.69 bits per heavy atom. The maximum atomic E-state index is 12.3. The zero-order valence-corrected chi connectivity index (χ0v) is 18.3. The van der Waals surface area contributed by atoms with E-state index in [1.54, 1.807) is 18.2 Å². The third-order valence-electron chi connectivity index (χ3n) is 3.86. The fourth-order valence-electron chi connectivity index (χ4n) is 2.50. The number of nitrogens with zero attached hydrogens (tertiary/aromatic N) is 2. The number of hydrogen-bond acceptors (Lipinski definition) is 7. The minimum Gasteiger partial charge on any atom is -0.493 e. The first-order chi connectivity index (χ1) is 14.0. The highest BCUT2D eigenvalue weighted by Gasteiger charge is 2.12. The van der Waals surface area contributed by atoms with Gasteiger partial charge >= 0.3 is 0 Å². The predicted molar refractivity (Wildman–Crippen MR) is 117 cm³/mol. The van der Waals surface area contributed by atoms with Crippen molar-refractivity contribution < 1.29 is 19.0 Å². The molecule has 1 N–H and O–H groups in total. The van der Waals surface area contributed by atoms with E-state index in [4.69, 9.17) is 14.2 Å². The second-order valence-electron chi connectivity index (χ2n) is 5.70. The maximum Gasteiger partial charge on any atom is 0.250 e. The molecule has 0 saturated carbocycles. The van der Waals surface area contributed by atoms with Gasteiger partial charge in [0, 0.05) is 16.1 Å². The van der Waals surface area contributed by atoms with Crippen molar-refractivity contribution in [3.8, 4) is 27.8 Å². The van der Waals surface area contributed by atoms with E-state index in [0.717, 1.165) is 20.6 Å². The number of aromatic nitrogens is 2. The van der Waals surface area contributed by atoms with E-state index in [1.807, 2.05) is 24.3 Å². The SMILES string of the molecule is COc1cc(/C=C/C(=O)Nc2nnc(-c3ccc(Br)cc3)s2)cc(OC)c1OC. The van der Waals surface area contributed by atoms with Crippen molar-refractivity contribution >= 4 is 44.4 Å². The number of ether oxygens (including phenoxy) is 3. The van der Waals surface area contributed by atoms with Crippen molar-refractivity contribution in [3.05, 3.63) is 52.5 Å². The molecule has 0 radical (unpaired) electrons. The van der Waals surface area contributed by atoms with Gasteiger partial charge < -0.3 is 14.2 Å². The Morgan fingerprint density at radius 3 is 2.28 bits per heavy atom. The van der Waals surface area contributed by atoms with Crippen LogP contribution in [0.2, 0.25) is 0 Å². The lowest BCUT2D eigenvalue weighted by molar-refractivity contribution is -0.111. The minimum atomic E-state index is -0.322. The van der Waals surface area contributed by atoms with Crippen LogP contribution in [-0.4, -0.2) is 37.4 Å². The van der Waals surface area contributed by atoms with Crippen LogP contribution in [0.1, 0.15) is 5.56 Å². The number of benzene rings is 2. The van der Waals surface area contributed by atoms with Crippen LogP contribution >= 0.6 is 27.3 Å². The maximum absolute atomic E-state index is 12.3. The van der Waals surface area contributed by atoms with Gasteiger partial charge in [0.05, 0.1) is 21.3 Å². The number of carbonyl (C=O) groups excluding carboxylic acids is 1. The Morgan fingerprint density at radius 1 is 1.03 bits per heavy atom. The normalized spacial score (nSPS) is 10.8. The molecule has 7 nitrogen and oxygen atoms in total. The highest BCUT2D eigenvalue weighted by atomic mass is 79.9. The van der Waals surface area contributed by atoms with Gasteiger partial charge in [0.2, 0.25) is 16.8 Å². The quantitative estimate of drug-likeness (QED) is 0.501. The van der Waals surface area contributed by atoms with Crippen LogP contribution in [0.4, 0.5) is 5.13 Å². The van der Waals surface area contributed by atoms with Gasteiger partial charge in [-0.15, -0.1) is 10.2 Å². The number of hydrogen-bond donors (Lipinski definition) is 1. The van der Waals surface area contributed by atoms with Crippen molar-refractivity contribution in [2.75, 3.05) is 26.6 Å². The average Bonchev–Trinajstić information content (AvgIpc) is 3.20. The van der Waals surface area contributed by atoms with Gasteiger partial charge in [-0.2, -0.15) is 0 Å². The molecule has 0 bridgehead atoms. The molecular weight excluding hydrogens is 458 g/mol. The van der Waals surface area contributed by atoms with Crippen molar-refractivity contribution in [1.82, 2.24) is 10.2 Å². The molecule has 0 atom stereocenters. The van der Waals surface area contributed by atoms with E-state index in [1.165, 1.54) is 38.7 Å². The fourth-order valence-corrected chi connectivity index (χ4v) is 3.52. The van der Waals surface area contributed by atoms with E-state index >= 15 is 0 Å². The smallest absolute Gasteiger partial charge is 0.250 e. The standard InChI is InChI=1S/C20H18BrN3O4S/c1-26-15-10-12(11-16(27-2)18(15)28-3)4-9-17(25)22-20-24-23-19(29-20)13-5-7-14(21)8-6-13/h4-11H,1-3H3,(H,22,24,25)/b9-4+. The lowest BCUT2D eigenvalue weighted by atomic mass is 10.1. The summed E-state index contributed by atoms with van der Waals surface area (Å²) in [5.41, 5.74) is 1.65. The largest absolute Gasteiger partial charge is 0.493 e. The second kappa shape index (κ2) is 9.53. The Labute approximate surface area is 180 Å². The molecule has 3 rings (SSSR count). The number of methoxy groups -OCH3 is 3. The molecule has 1 amide bonds. The molecule has 9 heteroatoms. The number of amides is 1. The van der Waals surface area contributed by atoms with Gasteiger partial charge in [0.15, 0.2) is 11.5 Å². The van der Waals surface area contributed by atoms with Crippen LogP contribution in [0.3, 0.4) is 0 Å². The van der Waals surface area contributed by atoms with E-state index in [9.17, 15) is 4.79 Å². The lowest BCUT2D eigenvalue weighted by Crippen LogP contribution is -2.07. The van der Waals surface area contributed by atoms with Crippen LogP contribution in [0, 0.1) is 0 Å². The topological polar surface area (TPSA) is 82.6 Å². The molecule has 0 spiro atoms. The summed E-state index contributed by atoms with van der Waals surface area (Å²) in [6.45, 7) is 0. The molecule has 150 valence electrons. The third kappa shape index (κ3) is 5.12. The van der Waals surface area contributed by atoms with Crippen molar-refractivity contribution in [2.24, 2.45) is 0 Å². The molecule has 0 aliphatic heterocycles. The number of rotatable bonds is 7. The van der Waals surface area contributed by atoms with Crippen LogP contribution in [0.15, 0.2) is 46.9 Å². The third-order valence-corrected chi connectivity index (χ3v) is 5.28. The first kappa shape index (κ1) is 20.8. The summed E-state index contributed by atoms with van der Waals surface area (Å²) in [7, 11) is 4.61. The van der Waals surface area contributed by atoms with Crippen LogP contribution in [0.25, 0.3) is 16.6 Å². The molecule has 0 aliphatic rings. The van der Waals surface area contributed by atoms with Crippen LogP contribution < -0.4 is 19.5 Å². The summed E-state index contributed by atoms with van der Waals surface area (Å²) < 4.78 is 16.9. The highest BCUT2D eigenvalue weighted by Crippen LogP contribution is 2.38. The first-order valence-corrected chi connectivity index (χ1v) is 10.0. The van der Waals surface area contributed by atoms with Crippen molar-refractivity contribution in [1.29, 1.82) is 0 Å². The Bertz CT molecular complexity index is 1010. The van der Waals surface area contributed by atoms with Gasteiger partial charge in [-0.05, 0) is 35.9 Å². The second-order valence-corrected chi connectivity index (χ2v) is 7.59. The van der Waals surface area contributed by atoms with Gasteiger partial charge in [-0.3, -0.25) is 10.1 Å². The Balaban J connectivity index is 1.71. The van der Waals surface area contributed by atoms with E-state index in [-0.39, 0.29) is 5.91 Å². The Hall–Kier alpha value is -2.91. The van der Waals surface area contributed by atoms with Gasteiger partial charge in [-0.25, -0.2) is 0 Å². The monoisotopic (exact) mass is 475 g/mol. The van der Waals surface area contributed by atoms with Gasteiger partial charge in [-0.1, -0.05) is 39.4 Å². The van der Waals surface area contributed by atoms with Crippen LogP contribution in [-0.2, 0) is 4.79 Å². The molecule has 1 heterocycles. The number of nitrogens with one attached hydrogen (secondary N) is 1. The van der Waals surface area contributed by atoms with Gasteiger partial charge in [0.25, 0.3) is 0 Å². The van der Waals surface area contributed by atoms with Gasteiger partial charge in [0.1, 0.15) is 5.01 Å². The van der Waals surface area contributed by atoms with E-state index in [0.29, 0.717) is 22.4 Å². The molecule has 0 saturated heterocycles. The molecule has 0 aliphatic carbocycles. The first-order valence-electron chi connectivity index (χ1n) is 8.42. The van der Waals surface area contributed by atoms with Crippen molar-refractivity contribution in [2.45, 2.75) is 0 Å². The summed E-state index contributed by atoms with van der Waals surface area (Å²) in [5.74, 6) is 1.19. The summed E-state index contributed by atoms with van der Waals surface area (Å²) in [6, 6.07) is 11.2. The number of carbonyl (C=O) groups is 1. The molecule has 3 aromatic rings. The Kier molecular flexibility index (Phi) is 6.84. The number of halogens is 1. The summed E-state index contributed by atoms with van der Waals surface area (Å²) in [6.07, 6.45) is 3.05. The molecule has 2 aromatic carbocycles. The lowest BCUT2D eigenvalue weighted by Gasteiger charge is -2.12.